The molecule has 10 heavy (non-hydrogen) atoms. The lowest BCUT2D eigenvalue weighted by Gasteiger charge is -1.99. The van der Waals surface area contributed by atoms with E-state index in [2.05, 4.69) is 6.58 Å². The van der Waals surface area contributed by atoms with Crippen molar-refractivity contribution in [2.45, 2.75) is 0 Å². The SMILES string of the molecule is C=CCOCC(=O)N1CC1. The Kier molecular flexibility index (Phi) is 2.45. The number of hydrogen-bond acceptors (Lipinski definition) is 2. The van der Waals surface area contributed by atoms with Crippen molar-refractivity contribution >= 4 is 5.91 Å². The summed E-state index contributed by atoms with van der Waals surface area (Å²) in [4.78, 5) is 12.6. The molecule has 3 nitrogen and oxygen atoms in total. The highest BCUT2D eigenvalue weighted by atomic mass is 16.5. The van der Waals surface area contributed by atoms with E-state index in [-0.39, 0.29) is 12.5 Å². The van der Waals surface area contributed by atoms with Crippen LogP contribution in [0.4, 0.5) is 0 Å². The first-order chi connectivity index (χ1) is 4.84. The zero-order chi connectivity index (χ0) is 7.40. The van der Waals surface area contributed by atoms with E-state index in [1.165, 1.54) is 0 Å². The molecule has 0 unspecified atom stereocenters. The highest BCUT2D eigenvalue weighted by molar-refractivity contribution is 5.79. The summed E-state index contributed by atoms with van der Waals surface area (Å²) >= 11 is 0. The van der Waals surface area contributed by atoms with Gasteiger partial charge in [0.2, 0.25) is 5.91 Å². The Morgan fingerprint density at radius 2 is 2.40 bits per heavy atom. The van der Waals surface area contributed by atoms with E-state index in [9.17, 15) is 4.79 Å². The molecule has 1 aliphatic rings. The number of hydrogen-bond donors (Lipinski definition) is 0. The molecule has 0 aromatic heterocycles. The molecule has 0 saturated carbocycles. The third kappa shape index (κ3) is 2.19. The summed E-state index contributed by atoms with van der Waals surface area (Å²) in [6, 6.07) is 0. The van der Waals surface area contributed by atoms with Crippen LogP contribution in [0.2, 0.25) is 0 Å². The van der Waals surface area contributed by atoms with Gasteiger partial charge in [0, 0.05) is 13.1 Å². The standard InChI is InChI=1S/C7H11NO2/c1-2-5-10-6-7(9)8-3-4-8/h2H,1,3-6H2. The maximum absolute atomic E-state index is 10.8. The molecule has 1 amide bonds. The van der Waals surface area contributed by atoms with Crippen LogP contribution in [-0.4, -0.2) is 37.1 Å². The Morgan fingerprint density at radius 3 is 2.90 bits per heavy atom. The molecule has 1 aliphatic heterocycles. The van der Waals surface area contributed by atoms with Crippen LogP contribution in [0.1, 0.15) is 0 Å². The molecule has 0 aliphatic carbocycles. The Labute approximate surface area is 60.3 Å². The zero-order valence-corrected chi connectivity index (χ0v) is 5.88. The molecule has 1 fully saturated rings. The minimum Gasteiger partial charge on any atom is -0.368 e. The average Bonchev–Trinajstić information content (AvgIpc) is 2.69. The molecule has 3 heteroatoms. The number of carbonyl (C=O) groups is 1. The average molecular weight is 141 g/mol. The van der Waals surface area contributed by atoms with E-state index in [1.54, 1.807) is 11.0 Å². The van der Waals surface area contributed by atoms with Gasteiger partial charge in [0.15, 0.2) is 0 Å². The molecular weight excluding hydrogens is 130 g/mol. The Bertz CT molecular complexity index is 141. The second-order valence-electron chi connectivity index (χ2n) is 2.18. The summed E-state index contributed by atoms with van der Waals surface area (Å²) in [6.07, 6.45) is 1.63. The van der Waals surface area contributed by atoms with E-state index in [0.717, 1.165) is 13.1 Å². The third-order valence-electron chi connectivity index (χ3n) is 1.26. The van der Waals surface area contributed by atoms with Crippen molar-refractivity contribution in [1.82, 2.24) is 4.90 Å². The molecular formula is C7H11NO2. The fourth-order valence-corrected chi connectivity index (χ4v) is 0.620. The number of ether oxygens (including phenoxy) is 1. The van der Waals surface area contributed by atoms with Crippen LogP contribution >= 0.6 is 0 Å². The van der Waals surface area contributed by atoms with Crippen molar-refractivity contribution in [2.24, 2.45) is 0 Å². The lowest BCUT2D eigenvalue weighted by atomic mass is 10.6. The van der Waals surface area contributed by atoms with E-state index in [0.29, 0.717) is 6.61 Å². The van der Waals surface area contributed by atoms with Gasteiger partial charge in [-0.2, -0.15) is 0 Å². The van der Waals surface area contributed by atoms with Crippen LogP contribution in [-0.2, 0) is 9.53 Å². The van der Waals surface area contributed by atoms with Crippen molar-refractivity contribution in [3.63, 3.8) is 0 Å². The molecule has 0 N–H and O–H groups in total. The van der Waals surface area contributed by atoms with Gasteiger partial charge in [-0.25, -0.2) is 0 Å². The molecule has 0 bridgehead atoms. The van der Waals surface area contributed by atoms with Gasteiger partial charge in [0.25, 0.3) is 0 Å². The van der Waals surface area contributed by atoms with Gasteiger partial charge in [0.05, 0.1) is 6.61 Å². The van der Waals surface area contributed by atoms with Gasteiger partial charge in [0.1, 0.15) is 6.61 Å². The van der Waals surface area contributed by atoms with Gasteiger partial charge in [-0.1, -0.05) is 6.08 Å². The van der Waals surface area contributed by atoms with Crippen molar-refractivity contribution in [2.75, 3.05) is 26.3 Å². The van der Waals surface area contributed by atoms with Gasteiger partial charge in [-0.05, 0) is 0 Å². The highest BCUT2D eigenvalue weighted by Crippen LogP contribution is 2.02. The number of amides is 1. The number of rotatable bonds is 4. The van der Waals surface area contributed by atoms with Gasteiger partial charge in [-0.15, -0.1) is 6.58 Å². The summed E-state index contributed by atoms with van der Waals surface area (Å²) in [5.41, 5.74) is 0. The highest BCUT2D eigenvalue weighted by Gasteiger charge is 2.23. The maximum Gasteiger partial charge on any atom is 0.248 e. The second-order valence-corrected chi connectivity index (χ2v) is 2.18. The molecule has 56 valence electrons. The summed E-state index contributed by atoms with van der Waals surface area (Å²) in [5, 5.41) is 0. The Balaban J connectivity index is 2.00. The summed E-state index contributed by atoms with van der Waals surface area (Å²) in [6.45, 7) is 5.92. The van der Waals surface area contributed by atoms with Crippen LogP contribution in [0.5, 0.6) is 0 Å². The van der Waals surface area contributed by atoms with E-state index in [4.69, 9.17) is 4.74 Å². The summed E-state index contributed by atoms with van der Waals surface area (Å²) in [5.74, 6) is 0.0850. The first kappa shape index (κ1) is 7.28. The normalized spacial score (nSPS) is 15.0. The van der Waals surface area contributed by atoms with Crippen LogP contribution in [0.3, 0.4) is 0 Å². The molecule has 0 aromatic carbocycles. The summed E-state index contributed by atoms with van der Waals surface area (Å²) in [7, 11) is 0. The van der Waals surface area contributed by atoms with E-state index >= 15 is 0 Å². The van der Waals surface area contributed by atoms with Crippen molar-refractivity contribution < 1.29 is 9.53 Å². The lowest BCUT2D eigenvalue weighted by Crippen LogP contribution is -2.17. The van der Waals surface area contributed by atoms with Crippen molar-refractivity contribution in [3.05, 3.63) is 12.7 Å². The van der Waals surface area contributed by atoms with Gasteiger partial charge >= 0.3 is 0 Å². The molecule has 0 spiro atoms. The smallest absolute Gasteiger partial charge is 0.248 e. The second kappa shape index (κ2) is 3.37. The van der Waals surface area contributed by atoms with Crippen molar-refractivity contribution in [3.8, 4) is 0 Å². The monoisotopic (exact) mass is 141 g/mol. The van der Waals surface area contributed by atoms with E-state index < -0.39 is 0 Å². The quantitative estimate of drug-likeness (QED) is 0.314. The predicted octanol–water partition coefficient (Wildman–Crippen LogP) is 0.0312. The topological polar surface area (TPSA) is 29.3 Å². The fourth-order valence-electron chi connectivity index (χ4n) is 0.620. The minimum atomic E-state index is 0.0850. The molecule has 1 saturated heterocycles. The van der Waals surface area contributed by atoms with Crippen LogP contribution in [0.15, 0.2) is 12.7 Å². The van der Waals surface area contributed by atoms with E-state index in [1.807, 2.05) is 0 Å². The van der Waals surface area contributed by atoms with Crippen LogP contribution < -0.4 is 0 Å². The number of nitrogens with zero attached hydrogens (tertiary/aromatic N) is 1. The molecule has 0 aromatic rings. The Morgan fingerprint density at radius 1 is 1.70 bits per heavy atom. The third-order valence-corrected chi connectivity index (χ3v) is 1.26. The minimum absolute atomic E-state index is 0.0850. The number of carbonyl (C=O) groups excluding carboxylic acids is 1. The molecule has 1 heterocycles. The first-order valence-electron chi connectivity index (χ1n) is 3.31. The first-order valence-corrected chi connectivity index (χ1v) is 3.31. The lowest BCUT2D eigenvalue weighted by molar-refractivity contribution is -0.130. The fraction of sp³-hybridized carbons (Fsp3) is 0.571. The summed E-state index contributed by atoms with van der Waals surface area (Å²) < 4.78 is 4.94. The van der Waals surface area contributed by atoms with Crippen molar-refractivity contribution in [1.29, 1.82) is 0 Å². The van der Waals surface area contributed by atoms with Gasteiger partial charge < -0.3 is 9.64 Å². The van der Waals surface area contributed by atoms with Crippen LogP contribution in [0.25, 0.3) is 0 Å². The Hall–Kier alpha value is -0.830. The largest absolute Gasteiger partial charge is 0.368 e. The molecule has 0 radical (unpaired) electrons. The predicted molar refractivity (Wildman–Crippen MR) is 37.6 cm³/mol. The zero-order valence-electron chi connectivity index (χ0n) is 5.88. The maximum atomic E-state index is 10.8. The van der Waals surface area contributed by atoms with Crippen LogP contribution in [0, 0.1) is 0 Å². The van der Waals surface area contributed by atoms with Gasteiger partial charge in [-0.3, -0.25) is 4.79 Å². The molecule has 0 atom stereocenters. The molecule has 1 rings (SSSR count).